The Labute approximate surface area is 144 Å². The van der Waals surface area contributed by atoms with E-state index in [4.69, 9.17) is 11.6 Å². The van der Waals surface area contributed by atoms with E-state index in [0.29, 0.717) is 23.8 Å². The average molecular weight is 382 g/mol. The number of nitrogens with zero attached hydrogens (tertiary/aromatic N) is 1. The van der Waals surface area contributed by atoms with Crippen molar-refractivity contribution in [3.63, 3.8) is 0 Å². The zero-order valence-corrected chi connectivity index (χ0v) is 14.7. The first kappa shape index (κ1) is 16.8. The Morgan fingerprint density at radius 2 is 1.95 bits per heavy atom. The van der Waals surface area contributed by atoms with Crippen molar-refractivity contribution in [3.05, 3.63) is 63.6 Å². The fourth-order valence-corrected chi connectivity index (χ4v) is 2.83. The minimum Gasteiger partial charge on any atom is -0.320 e. The maximum absolute atomic E-state index is 12.5. The second-order valence-electron chi connectivity index (χ2n) is 4.96. The van der Waals surface area contributed by atoms with Crippen molar-refractivity contribution in [2.75, 3.05) is 11.9 Å². The molecule has 0 aliphatic rings. The lowest BCUT2D eigenvalue weighted by atomic mass is 10.2. The van der Waals surface area contributed by atoms with Gasteiger partial charge in [-0.2, -0.15) is 0 Å². The van der Waals surface area contributed by atoms with Gasteiger partial charge in [-0.3, -0.25) is 0 Å². The molecule has 0 radical (unpaired) electrons. The zero-order valence-electron chi connectivity index (χ0n) is 12.4. The fourth-order valence-electron chi connectivity index (χ4n) is 2.11. The summed E-state index contributed by atoms with van der Waals surface area (Å²) in [5.41, 5.74) is 1.72. The first-order valence-corrected chi connectivity index (χ1v) is 8.32. The van der Waals surface area contributed by atoms with E-state index >= 15 is 0 Å². The van der Waals surface area contributed by atoms with Gasteiger partial charge >= 0.3 is 6.03 Å². The Morgan fingerprint density at radius 1 is 1.23 bits per heavy atom. The standard InChI is InChI=1S/C17H18BrClN2O/c1-2-10-21(12-13-6-4-3-5-7-13)17(22)20-16-9-8-14(18)11-15(16)19/h3-9,11H,2,10,12H2,1H3,(H,20,22). The number of rotatable bonds is 5. The van der Waals surface area contributed by atoms with Crippen molar-refractivity contribution in [2.45, 2.75) is 19.9 Å². The van der Waals surface area contributed by atoms with E-state index in [0.717, 1.165) is 16.5 Å². The van der Waals surface area contributed by atoms with E-state index in [1.165, 1.54) is 0 Å². The Hall–Kier alpha value is -1.52. The van der Waals surface area contributed by atoms with E-state index in [1.807, 2.05) is 36.4 Å². The lowest BCUT2D eigenvalue weighted by Crippen LogP contribution is -2.35. The molecule has 2 amide bonds. The lowest BCUT2D eigenvalue weighted by molar-refractivity contribution is 0.209. The quantitative estimate of drug-likeness (QED) is 0.724. The summed E-state index contributed by atoms with van der Waals surface area (Å²) in [6, 6.07) is 15.2. The van der Waals surface area contributed by atoms with Gasteiger partial charge in [0, 0.05) is 17.6 Å². The van der Waals surface area contributed by atoms with Gasteiger partial charge in [-0.25, -0.2) is 4.79 Å². The van der Waals surface area contributed by atoms with Gasteiger partial charge in [0.2, 0.25) is 0 Å². The lowest BCUT2D eigenvalue weighted by Gasteiger charge is -2.23. The van der Waals surface area contributed by atoms with Crippen LogP contribution in [0.2, 0.25) is 5.02 Å². The molecule has 5 heteroatoms. The van der Waals surface area contributed by atoms with Crippen LogP contribution in [0.1, 0.15) is 18.9 Å². The highest BCUT2D eigenvalue weighted by molar-refractivity contribution is 9.10. The fraction of sp³-hybridized carbons (Fsp3) is 0.235. The Bertz CT molecular complexity index is 634. The van der Waals surface area contributed by atoms with Crippen LogP contribution in [0.25, 0.3) is 0 Å². The van der Waals surface area contributed by atoms with Crippen LogP contribution in [0.4, 0.5) is 10.5 Å². The maximum Gasteiger partial charge on any atom is 0.322 e. The van der Waals surface area contributed by atoms with Crippen LogP contribution in [0.3, 0.4) is 0 Å². The Morgan fingerprint density at radius 3 is 2.59 bits per heavy atom. The molecule has 0 bridgehead atoms. The van der Waals surface area contributed by atoms with Gasteiger partial charge in [-0.1, -0.05) is 64.8 Å². The second kappa shape index (κ2) is 8.20. The Kier molecular flexibility index (Phi) is 6.28. The van der Waals surface area contributed by atoms with Gasteiger partial charge < -0.3 is 10.2 Å². The summed E-state index contributed by atoms with van der Waals surface area (Å²) >= 11 is 9.51. The van der Waals surface area contributed by atoms with E-state index < -0.39 is 0 Å². The number of hydrogen-bond donors (Lipinski definition) is 1. The number of halogens is 2. The van der Waals surface area contributed by atoms with Crippen LogP contribution in [-0.2, 0) is 6.54 Å². The third kappa shape index (κ3) is 4.75. The highest BCUT2D eigenvalue weighted by Gasteiger charge is 2.14. The largest absolute Gasteiger partial charge is 0.322 e. The molecule has 3 nitrogen and oxygen atoms in total. The molecule has 0 unspecified atom stereocenters. The van der Waals surface area contributed by atoms with Crippen LogP contribution >= 0.6 is 27.5 Å². The molecule has 2 aromatic rings. The van der Waals surface area contributed by atoms with Gasteiger partial charge in [-0.15, -0.1) is 0 Å². The molecule has 0 aliphatic carbocycles. The number of amides is 2. The van der Waals surface area contributed by atoms with Gasteiger partial charge in [0.25, 0.3) is 0 Å². The molecule has 0 aromatic heterocycles. The molecule has 0 spiro atoms. The second-order valence-corrected chi connectivity index (χ2v) is 6.28. The van der Waals surface area contributed by atoms with E-state index in [2.05, 4.69) is 28.2 Å². The molecule has 2 rings (SSSR count). The number of benzene rings is 2. The van der Waals surface area contributed by atoms with Gasteiger partial charge in [0.05, 0.1) is 10.7 Å². The number of carbonyl (C=O) groups is 1. The van der Waals surface area contributed by atoms with Crippen LogP contribution < -0.4 is 5.32 Å². The number of nitrogens with one attached hydrogen (secondary N) is 1. The van der Waals surface area contributed by atoms with Crippen LogP contribution in [0.5, 0.6) is 0 Å². The molecular formula is C17H18BrClN2O. The molecular weight excluding hydrogens is 364 g/mol. The predicted octanol–water partition coefficient (Wildman–Crippen LogP) is 5.55. The summed E-state index contributed by atoms with van der Waals surface area (Å²) in [6.07, 6.45) is 0.897. The van der Waals surface area contributed by atoms with Gasteiger partial charge in [0.1, 0.15) is 0 Å². The number of carbonyl (C=O) groups excluding carboxylic acids is 1. The number of hydrogen-bond acceptors (Lipinski definition) is 1. The molecule has 22 heavy (non-hydrogen) atoms. The summed E-state index contributed by atoms with van der Waals surface area (Å²) in [5.74, 6) is 0. The minimum absolute atomic E-state index is 0.144. The maximum atomic E-state index is 12.5. The summed E-state index contributed by atoms with van der Waals surface area (Å²) in [5, 5.41) is 3.39. The Balaban J connectivity index is 2.09. The predicted molar refractivity (Wildman–Crippen MR) is 95.3 cm³/mol. The van der Waals surface area contributed by atoms with Gasteiger partial charge in [0.15, 0.2) is 0 Å². The van der Waals surface area contributed by atoms with Crippen molar-refractivity contribution < 1.29 is 4.79 Å². The molecule has 0 heterocycles. The zero-order chi connectivity index (χ0) is 15.9. The van der Waals surface area contributed by atoms with E-state index in [-0.39, 0.29) is 6.03 Å². The average Bonchev–Trinajstić information content (AvgIpc) is 2.50. The normalized spacial score (nSPS) is 10.3. The first-order valence-electron chi connectivity index (χ1n) is 7.15. The van der Waals surface area contributed by atoms with Gasteiger partial charge in [-0.05, 0) is 30.2 Å². The number of urea groups is 1. The highest BCUT2D eigenvalue weighted by Crippen LogP contribution is 2.26. The van der Waals surface area contributed by atoms with Crippen molar-refractivity contribution in [2.24, 2.45) is 0 Å². The van der Waals surface area contributed by atoms with Crippen molar-refractivity contribution in [1.29, 1.82) is 0 Å². The highest BCUT2D eigenvalue weighted by atomic mass is 79.9. The molecule has 2 aromatic carbocycles. The van der Waals surface area contributed by atoms with Crippen molar-refractivity contribution in [3.8, 4) is 0 Å². The number of anilines is 1. The molecule has 1 N–H and O–H groups in total. The molecule has 116 valence electrons. The SMILES string of the molecule is CCCN(Cc1ccccc1)C(=O)Nc1ccc(Br)cc1Cl. The first-order chi connectivity index (χ1) is 10.6. The molecule has 0 fully saturated rings. The molecule has 0 saturated carbocycles. The summed E-state index contributed by atoms with van der Waals surface area (Å²) < 4.78 is 0.880. The van der Waals surface area contributed by atoms with Crippen LogP contribution in [0.15, 0.2) is 53.0 Å². The van der Waals surface area contributed by atoms with Crippen LogP contribution in [-0.4, -0.2) is 17.5 Å². The molecule has 0 saturated heterocycles. The monoisotopic (exact) mass is 380 g/mol. The van der Waals surface area contributed by atoms with Crippen molar-refractivity contribution in [1.82, 2.24) is 4.90 Å². The van der Waals surface area contributed by atoms with E-state index in [9.17, 15) is 4.79 Å². The van der Waals surface area contributed by atoms with Crippen molar-refractivity contribution >= 4 is 39.2 Å². The minimum atomic E-state index is -0.144. The smallest absolute Gasteiger partial charge is 0.320 e. The summed E-state index contributed by atoms with van der Waals surface area (Å²) in [7, 11) is 0. The third-order valence-corrected chi connectivity index (χ3v) is 3.98. The molecule has 0 atom stereocenters. The third-order valence-electron chi connectivity index (χ3n) is 3.17. The summed E-state index contributed by atoms with van der Waals surface area (Å²) in [4.78, 5) is 14.3. The van der Waals surface area contributed by atoms with Crippen LogP contribution in [0, 0.1) is 0 Å². The summed E-state index contributed by atoms with van der Waals surface area (Å²) in [6.45, 7) is 3.32. The van der Waals surface area contributed by atoms with E-state index in [1.54, 1.807) is 17.0 Å². The molecule has 0 aliphatic heterocycles. The topological polar surface area (TPSA) is 32.3 Å².